The largest absolute Gasteiger partial charge is 0.383 e. The van der Waals surface area contributed by atoms with Crippen LogP contribution in [0.15, 0.2) is 11.8 Å². The number of hydrogen-bond acceptors (Lipinski definition) is 4. The highest BCUT2D eigenvalue weighted by atomic mass is 16.1. The van der Waals surface area contributed by atoms with Crippen molar-refractivity contribution in [1.82, 2.24) is 9.80 Å². The highest BCUT2D eigenvalue weighted by molar-refractivity contribution is 5.96. The van der Waals surface area contributed by atoms with E-state index in [0.29, 0.717) is 12.3 Å². The number of hydrogen-bond donors (Lipinski definition) is 0. The summed E-state index contributed by atoms with van der Waals surface area (Å²) in [7, 11) is 3.85. The lowest BCUT2D eigenvalue weighted by atomic mass is 9.76. The summed E-state index contributed by atoms with van der Waals surface area (Å²) in [6.07, 6.45) is 7.65. The zero-order valence-electron chi connectivity index (χ0n) is 10.5. The lowest BCUT2D eigenvalue weighted by molar-refractivity contribution is -0.119. The molecule has 1 saturated heterocycles. The molecule has 1 heterocycles. The summed E-state index contributed by atoms with van der Waals surface area (Å²) in [5, 5.41) is 9.13. The van der Waals surface area contributed by atoms with Gasteiger partial charge in [0.05, 0.1) is 0 Å². The molecule has 2 rings (SSSR count). The van der Waals surface area contributed by atoms with Gasteiger partial charge in [-0.15, -0.1) is 0 Å². The molecular formula is C13H19N3O. The van der Waals surface area contributed by atoms with Crippen molar-refractivity contribution in [2.75, 3.05) is 20.6 Å². The Balaban J connectivity index is 2.18. The summed E-state index contributed by atoms with van der Waals surface area (Å²) in [5.41, 5.74) is 0.874. The van der Waals surface area contributed by atoms with Gasteiger partial charge in [0.1, 0.15) is 0 Å². The number of nitriles is 1. The normalized spacial score (nSPS) is 31.0. The van der Waals surface area contributed by atoms with Gasteiger partial charge in [-0.2, -0.15) is 5.26 Å². The predicted octanol–water partition coefficient (Wildman–Crippen LogP) is 1.36. The van der Waals surface area contributed by atoms with E-state index >= 15 is 0 Å². The van der Waals surface area contributed by atoms with Crippen LogP contribution in [-0.2, 0) is 4.79 Å². The molecule has 4 nitrogen and oxygen atoms in total. The Bertz CT molecular complexity index is 381. The second-order valence-corrected chi connectivity index (χ2v) is 5.21. The third-order valence-electron chi connectivity index (χ3n) is 3.70. The van der Waals surface area contributed by atoms with Gasteiger partial charge in [0.25, 0.3) is 0 Å². The Labute approximate surface area is 102 Å². The molecule has 1 saturated carbocycles. The van der Waals surface area contributed by atoms with E-state index in [9.17, 15) is 4.79 Å². The van der Waals surface area contributed by atoms with Crippen LogP contribution in [0.2, 0.25) is 0 Å². The minimum Gasteiger partial charge on any atom is -0.383 e. The number of likely N-dealkylation sites (tertiary alicyclic amines) is 1. The minimum absolute atomic E-state index is 0.248. The molecule has 1 aliphatic carbocycles. The SMILES string of the molecule is CN(C)C=C1C[C@H]2[C@@H](CCCN2C#N)CC1=O. The Hall–Kier alpha value is -1.50. The smallest absolute Gasteiger partial charge is 0.179 e. The molecule has 0 radical (unpaired) electrons. The van der Waals surface area contributed by atoms with E-state index < -0.39 is 0 Å². The number of Topliss-reactive ketones (excluding diaryl/α,β-unsaturated/α-hetero) is 1. The van der Waals surface area contributed by atoms with Gasteiger partial charge < -0.3 is 9.80 Å². The fraction of sp³-hybridized carbons (Fsp3) is 0.692. The number of fused-ring (bicyclic) bond motifs is 1. The number of carbonyl (C=O) groups excluding carboxylic acids is 1. The Morgan fingerprint density at radius 2 is 2.24 bits per heavy atom. The van der Waals surface area contributed by atoms with Crippen molar-refractivity contribution in [2.24, 2.45) is 5.92 Å². The van der Waals surface area contributed by atoms with Crippen LogP contribution in [-0.4, -0.2) is 42.3 Å². The Morgan fingerprint density at radius 1 is 1.47 bits per heavy atom. The van der Waals surface area contributed by atoms with Crippen LogP contribution in [0.5, 0.6) is 0 Å². The van der Waals surface area contributed by atoms with Gasteiger partial charge in [0.2, 0.25) is 0 Å². The molecule has 2 atom stereocenters. The van der Waals surface area contributed by atoms with Crippen molar-refractivity contribution >= 4 is 5.78 Å². The molecule has 0 amide bonds. The van der Waals surface area contributed by atoms with Gasteiger partial charge in [-0.3, -0.25) is 4.79 Å². The summed E-state index contributed by atoms with van der Waals surface area (Å²) in [5.74, 6) is 0.648. The van der Waals surface area contributed by atoms with Crippen LogP contribution in [0.25, 0.3) is 0 Å². The lowest BCUT2D eigenvalue weighted by Crippen LogP contribution is -2.46. The number of rotatable bonds is 1. The fourth-order valence-electron chi connectivity index (χ4n) is 2.92. The number of piperidine rings is 1. The van der Waals surface area contributed by atoms with E-state index in [2.05, 4.69) is 6.19 Å². The first-order chi connectivity index (χ1) is 8.11. The molecule has 92 valence electrons. The molecule has 0 aromatic heterocycles. The van der Waals surface area contributed by atoms with Gasteiger partial charge in [-0.25, -0.2) is 0 Å². The topological polar surface area (TPSA) is 47.3 Å². The van der Waals surface area contributed by atoms with Crippen LogP contribution in [0.4, 0.5) is 0 Å². The Morgan fingerprint density at radius 3 is 2.88 bits per heavy atom. The van der Waals surface area contributed by atoms with Crippen molar-refractivity contribution in [3.63, 3.8) is 0 Å². The Kier molecular flexibility index (Phi) is 3.37. The molecule has 1 aliphatic heterocycles. The maximum Gasteiger partial charge on any atom is 0.179 e. The number of nitrogens with zero attached hydrogens (tertiary/aromatic N) is 3. The van der Waals surface area contributed by atoms with Gasteiger partial charge in [-0.05, 0) is 25.2 Å². The molecule has 0 unspecified atom stereocenters. The second kappa shape index (κ2) is 4.79. The van der Waals surface area contributed by atoms with Crippen molar-refractivity contribution in [3.8, 4) is 6.19 Å². The second-order valence-electron chi connectivity index (χ2n) is 5.21. The molecular weight excluding hydrogens is 214 g/mol. The van der Waals surface area contributed by atoms with E-state index in [0.717, 1.165) is 31.4 Å². The van der Waals surface area contributed by atoms with E-state index in [1.165, 1.54) is 0 Å². The first-order valence-corrected chi connectivity index (χ1v) is 6.18. The number of ketones is 1. The van der Waals surface area contributed by atoms with Gasteiger partial charge in [0, 0.05) is 44.9 Å². The summed E-state index contributed by atoms with van der Waals surface area (Å²) in [6.45, 7) is 0.848. The van der Waals surface area contributed by atoms with Crippen molar-refractivity contribution in [2.45, 2.75) is 31.7 Å². The third kappa shape index (κ3) is 2.44. The summed E-state index contributed by atoms with van der Waals surface area (Å²) in [6, 6.07) is 0.248. The minimum atomic E-state index is 0.248. The predicted molar refractivity (Wildman–Crippen MR) is 64.8 cm³/mol. The third-order valence-corrected chi connectivity index (χ3v) is 3.70. The number of carbonyl (C=O) groups is 1. The van der Waals surface area contributed by atoms with Crippen molar-refractivity contribution in [3.05, 3.63) is 11.8 Å². The highest BCUT2D eigenvalue weighted by Gasteiger charge is 2.38. The molecule has 4 heteroatoms. The zero-order valence-corrected chi connectivity index (χ0v) is 10.5. The van der Waals surface area contributed by atoms with Gasteiger partial charge in [0.15, 0.2) is 12.0 Å². The van der Waals surface area contributed by atoms with Gasteiger partial charge in [-0.1, -0.05) is 0 Å². The van der Waals surface area contributed by atoms with E-state index in [-0.39, 0.29) is 11.8 Å². The van der Waals surface area contributed by atoms with Crippen molar-refractivity contribution in [1.29, 1.82) is 5.26 Å². The first-order valence-electron chi connectivity index (χ1n) is 6.18. The first kappa shape index (κ1) is 12.0. The molecule has 17 heavy (non-hydrogen) atoms. The summed E-state index contributed by atoms with van der Waals surface area (Å²) >= 11 is 0. The highest BCUT2D eigenvalue weighted by Crippen LogP contribution is 2.35. The summed E-state index contributed by atoms with van der Waals surface area (Å²) in [4.78, 5) is 15.8. The maximum absolute atomic E-state index is 12.0. The quantitative estimate of drug-likeness (QED) is 0.507. The lowest BCUT2D eigenvalue weighted by Gasteiger charge is -2.41. The van der Waals surface area contributed by atoms with E-state index in [4.69, 9.17) is 5.26 Å². The van der Waals surface area contributed by atoms with Crippen LogP contribution in [0, 0.1) is 17.4 Å². The molecule has 0 aromatic carbocycles. The monoisotopic (exact) mass is 233 g/mol. The molecule has 0 bridgehead atoms. The molecule has 2 aliphatic rings. The standard InChI is InChI=1S/C13H19N3O/c1-15(2)8-11-6-12-10(7-13(11)17)4-3-5-16(12)9-14/h8,10,12H,3-7H2,1-2H3/t10-,12-/m0/s1. The molecule has 2 fully saturated rings. The molecule has 0 spiro atoms. The average Bonchev–Trinajstić information content (AvgIpc) is 2.28. The fourth-order valence-corrected chi connectivity index (χ4v) is 2.92. The molecule has 0 N–H and O–H groups in total. The zero-order chi connectivity index (χ0) is 12.4. The maximum atomic E-state index is 12.0. The molecule has 0 aromatic rings. The van der Waals surface area contributed by atoms with E-state index in [1.54, 1.807) is 0 Å². The van der Waals surface area contributed by atoms with E-state index in [1.807, 2.05) is 30.1 Å². The summed E-state index contributed by atoms with van der Waals surface area (Å²) < 4.78 is 0. The van der Waals surface area contributed by atoms with Gasteiger partial charge >= 0.3 is 0 Å². The van der Waals surface area contributed by atoms with Crippen LogP contribution in [0.1, 0.15) is 25.7 Å². The van der Waals surface area contributed by atoms with Crippen LogP contribution < -0.4 is 0 Å². The van der Waals surface area contributed by atoms with Crippen LogP contribution >= 0.6 is 0 Å². The van der Waals surface area contributed by atoms with Crippen LogP contribution in [0.3, 0.4) is 0 Å². The average molecular weight is 233 g/mol. The van der Waals surface area contributed by atoms with Crippen molar-refractivity contribution < 1.29 is 4.79 Å².